The van der Waals surface area contributed by atoms with Crippen molar-refractivity contribution in [1.29, 1.82) is 0 Å². The summed E-state index contributed by atoms with van der Waals surface area (Å²) >= 11 is 7.70. The van der Waals surface area contributed by atoms with E-state index < -0.39 is 5.97 Å². The Balaban J connectivity index is 1.96. The first-order valence-corrected chi connectivity index (χ1v) is 9.36. The van der Waals surface area contributed by atoms with Crippen molar-refractivity contribution in [1.82, 2.24) is 19.5 Å². The first-order chi connectivity index (χ1) is 12.5. The number of imidazole rings is 1. The average molecular weight is 393 g/mol. The second-order valence-corrected chi connectivity index (χ2v) is 6.97. The highest BCUT2D eigenvalue weighted by atomic mass is 35.5. The highest BCUT2D eigenvalue weighted by Crippen LogP contribution is 2.23. The summed E-state index contributed by atoms with van der Waals surface area (Å²) in [5.41, 5.74) is 1.87. The Morgan fingerprint density at radius 3 is 2.69 bits per heavy atom. The van der Waals surface area contributed by atoms with Gasteiger partial charge in [-0.1, -0.05) is 42.4 Å². The number of carbonyl (C=O) groups excluding carboxylic acids is 1. The van der Waals surface area contributed by atoms with Crippen LogP contribution in [0.2, 0.25) is 5.15 Å². The van der Waals surface area contributed by atoms with Crippen molar-refractivity contribution in [3.8, 4) is 0 Å². The van der Waals surface area contributed by atoms with E-state index in [0.29, 0.717) is 28.4 Å². The number of benzene rings is 1. The molecule has 0 atom stereocenters. The lowest BCUT2D eigenvalue weighted by atomic mass is 10.1. The van der Waals surface area contributed by atoms with Gasteiger partial charge in [-0.3, -0.25) is 4.57 Å². The van der Waals surface area contributed by atoms with Crippen LogP contribution in [0, 0.1) is 0 Å². The van der Waals surface area contributed by atoms with Crippen molar-refractivity contribution in [3.05, 3.63) is 51.0 Å². The molecule has 0 unspecified atom stereocenters. The summed E-state index contributed by atoms with van der Waals surface area (Å²) in [5.74, 6) is 0.462. The number of nitrogens with zero attached hydrogens (tertiary/aromatic N) is 3. The number of methoxy groups -OCH3 is 1. The van der Waals surface area contributed by atoms with Crippen LogP contribution in [-0.4, -0.2) is 38.4 Å². The van der Waals surface area contributed by atoms with Crippen molar-refractivity contribution in [2.24, 2.45) is 0 Å². The number of ether oxygens (including phenoxy) is 1. The van der Waals surface area contributed by atoms with E-state index in [1.165, 1.54) is 23.4 Å². The molecule has 2 aromatic heterocycles. The molecule has 0 aliphatic rings. The number of rotatable bonds is 6. The molecule has 26 heavy (non-hydrogen) atoms. The maximum Gasteiger partial charge on any atom is 0.337 e. The fraction of sp³-hybridized carbons (Fsp3) is 0.294. The van der Waals surface area contributed by atoms with Gasteiger partial charge in [-0.2, -0.15) is 0 Å². The van der Waals surface area contributed by atoms with Crippen molar-refractivity contribution in [2.75, 3.05) is 12.9 Å². The standard InChI is InChI=1S/C17H17ClN4O3S/c1-3-8-26-16-20-13(18)12-14(21-16)22(17(24)19-12)9-10-4-6-11(7-5-10)15(23)25-2/h4-7H,3,8-9H2,1-2H3,(H,19,24). The molecular formula is C17H17ClN4O3S. The maximum absolute atomic E-state index is 12.3. The zero-order chi connectivity index (χ0) is 18.7. The van der Waals surface area contributed by atoms with E-state index >= 15 is 0 Å². The lowest BCUT2D eigenvalue weighted by Crippen LogP contribution is -2.18. The van der Waals surface area contributed by atoms with E-state index in [9.17, 15) is 9.59 Å². The third kappa shape index (κ3) is 3.76. The molecule has 2 heterocycles. The summed E-state index contributed by atoms with van der Waals surface area (Å²) in [4.78, 5) is 35.3. The first-order valence-electron chi connectivity index (χ1n) is 7.99. The van der Waals surface area contributed by atoms with Crippen LogP contribution in [0.25, 0.3) is 11.2 Å². The molecule has 0 fully saturated rings. The van der Waals surface area contributed by atoms with Gasteiger partial charge in [0.05, 0.1) is 19.2 Å². The Kier molecular flexibility index (Phi) is 5.63. The molecule has 1 aromatic carbocycles. The predicted molar refractivity (Wildman–Crippen MR) is 101 cm³/mol. The van der Waals surface area contributed by atoms with E-state index in [-0.39, 0.29) is 10.8 Å². The largest absolute Gasteiger partial charge is 0.465 e. The number of hydrogen-bond donors (Lipinski definition) is 1. The molecule has 0 saturated heterocycles. The Labute approximate surface area is 158 Å². The predicted octanol–water partition coefficient (Wildman–Crippen LogP) is 3.11. The van der Waals surface area contributed by atoms with Crippen molar-refractivity contribution < 1.29 is 9.53 Å². The third-order valence-corrected chi connectivity index (χ3v) is 5.04. The number of thioether (sulfide) groups is 1. The molecule has 0 radical (unpaired) electrons. The monoisotopic (exact) mass is 392 g/mol. The molecule has 0 aliphatic carbocycles. The van der Waals surface area contributed by atoms with Crippen LogP contribution in [0.3, 0.4) is 0 Å². The minimum absolute atomic E-state index is 0.227. The van der Waals surface area contributed by atoms with E-state index in [2.05, 4.69) is 26.6 Å². The molecule has 136 valence electrons. The number of aromatic nitrogens is 4. The molecule has 1 N–H and O–H groups in total. The number of H-pyrrole nitrogens is 1. The van der Waals surface area contributed by atoms with Crippen LogP contribution in [0.5, 0.6) is 0 Å². The van der Waals surface area contributed by atoms with Gasteiger partial charge in [-0.15, -0.1) is 0 Å². The lowest BCUT2D eigenvalue weighted by Gasteiger charge is -2.06. The number of nitrogens with one attached hydrogen (secondary N) is 1. The van der Waals surface area contributed by atoms with E-state index in [1.54, 1.807) is 24.3 Å². The molecule has 0 amide bonds. The van der Waals surface area contributed by atoms with Crippen LogP contribution in [-0.2, 0) is 11.3 Å². The van der Waals surface area contributed by atoms with Crippen LogP contribution >= 0.6 is 23.4 Å². The zero-order valence-corrected chi connectivity index (χ0v) is 15.9. The van der Waals surface area contributed by atoms with Crippen LogP contribution in [0.1, 0.15) is 29.3 Å². The summed E-state index contributed by atoms with van der Waals surface area (Å²) in [7, 11) is 1.33. The van der Waals surface area contributed by atoms with Crippen LogP contribution in [0.4, 0.5) is 0 Å². The number of esters is 1. The normalized spacial score (nSPS) is 11.0. The Morgan fingerprint density at radius 2 is 2.04 bits per heavy atom. The topological polar surface area (TPSA) is 89.9 Å². The second-order valence-electron chi connectivity index (χ2n) is 5.55. The fourth-order valence-corrected chi connectivity index (χ4v) is 3.38. The SMILES string of the molecule is CCCSc1nc(Cl)c2[nH]c(=O)n(Cc3ccc(C(=O)OC)cc3)c2n1. The highest BCUT2D eigenvalue weighted by Gasteiger charge is 2.15. The molecule has 0 aliphatic heterocycles. The minimum atomic E-state index is -0.405. The van der Waals surface area contributed by atoms with Gasteiger partial charge in [0, 0.05) is 5.75 Å². The molecule has 0 saturated carbocycles. The van der Waals surface area contributed by atoms with E-state index in [0.717, 1.165) is 17.7 Å². The van der Waals surface area contributed by atoms with Gasteiger partial charge in [-0.05, 0) is 24.1 Å². The zero-order valence-electron chi connectivity index (χ0n) is 14.3. The van der Waals surface area contributed by atoms with Gasteiger partial charge in [0.25, 0.3) is 0 Å². The second kappa shape index (κ2) is 7.92. The summed E-state index contributed by atoms with van der Waals surface area (Å²) in [6, 6.07) is 6.86. The van der Waals surface area contributed by atoms with Crippen molar-refractivity contribution in [2.45, 2.75) is 25.0 Å². The molecule has 3 rings (SSSR count). The van der Waals surface area contributed by atoms with E-state index in [4.69, 9.17) is 11.6 Å². The number of fused-ring (bicyclic) bond motifs is 1. The fourth-order valence-electron chi connectivity index (χ4n) is 2.43. The Morgan fingerprint density at radius 1 is 1.31 bits per heavy atom. The lowest BCUT2D eigenvalue weighted by molar-refractivity contribution is 0.0600. The average Bonchev–Trinajstić information content (AvgIpc) is 2.96. The van der Waals surface area contributed by atoms with E-state index in [1.807, 2.05) is 0 Å². The van der Waals surface area contributed by atoms with Gasteiger partial charge in [0.2, 0.25) is 0 Å². The summed E-state index contributed by atoms with van der Waals surface area (Å²) in [5, 5.41) is 0.767. The minimum Gasteiger partial charge on any atom is -0.465 e. The number of hydrogen-bond acceptors (Lipinski definition) is 6. The molecule has 7 nitrogen and oxygen atoms in total. The van der Waals surface area contributed by atoms with Crippen LogP contribution in [0.15, 0.2) is 34.2 Å². The van der Waals surface area contributed by atoms with Gasteiger partial charge in [0.1, 0.15) is 5.52 Å². The molecule has 9 heteroatoms. The summed E-state index contributed by atoms with van der Waals surface area (Å²) in [6.07, 6.45) is 0.982. The number of carbonyl (C=O) groups is 1. The van der Waals surface area contributed by atoms with Gasteiger partial charge in [-0.25, -0.2) is 19.6 Å². The molecule has 0 bridgehead atoms. The summed E-state index contributed by atoms with van der Waals surface area (Å²) < 4.78 is 6.19. The van der Waals surface area contributed by atoms with Crippen molar-refractivity contribution >= 4 is 40.5 Å². The maximum atomic E-state index is 12.3. The summed E-state index contributed by atoms with van der Waals surface area (Å²) in [6.45, 7) is 2.36. The smallest absolute Gasteiger partial charge is 0.337 e. The number of aromatic amines is 1. The Bertz CT molecular complexity index is 998. The van der Waals surface area contributed by atoms with Crippen LogP contribution < -0.4 is 5.69 Å². The van der Waals surface area contributed by atoms with Crippen molar-refractivity contribution in [3.63, 3.8) is 0 Å². The van der Waals surface area contributed by atoms with Gasteiger partial charge >= 0.3 is 11.7 Å². The molecule has 3 aromatic rings. The quantitative estimate of drug-likeness (QED) is 0.300. The highest BCUT2D eigenvalue weighted by molar-refractivity contribution is 7.99. The first kappa shape index (κ1) is 18.5. The molecule has 0 spiro atoms. The van der Waals surface area contributed by atoms with Gasteiger partial charge in [0.15, 0.2) is 16.0 Å². The Hall–Kier alpha value is -2.32. The third-order valence-electron chi connectivity index (χ3n) is 3.71. The molecular weight excluding hydrogens is 376 g/mol. The number of halogens is 1. The van der Waals surface area contributed by atoms with Gasteiger partial charge < -0.3 is 9.72 Å².